The van der Waals surface area contributed by atoms with Crippen molar-refractivity contribution in [2.45, 2.75) is 13.0 Å². The van der Waals surface area contributed by atoms with Gasteiger partial charge in [0.05, 0.1) is 13.7 Å². The number of hydrogen-bond donors (Lipinski definition) is 0. The van der Waals surface area contributed by atoms with Crippen molar-refractivity contribution < 1.29 is 18.9 Å². The smallest absolute Gasteiger partial charge is 0.161 e. The van der Waals surface area contributed by atoms with Crippen molar-refractivity contribution in [2.75, 3.05) is 26.9 Å². The Morgan fingerprint density at radius 2 is 2.14 bits per heavy atom. The minimum atomic E-state index is 0.225. The third-order valence-corrected chi connectivity index (χ3v) is 3.15. The summed E-state index contributed by atoms with van der Waals surface area (Å²) < 4.78 is 21.6. The summed E-state index contributed by atoms with van der Waals surface area (Å²) in [6.45, 7) is 11.2. The van der Waals surface area contributed by atoms with Crippen LogP contribution in [0.1, 0.15) is 12.5 Å². The lowest BCUT2D eigenvalue weighted by Gasteiger charge is -2.10. The number of allylic oxidation sites excluding steroid dienone is 1. The molecule has 22 heavy (non-hydrogen) atoms. The topological polar surface area (TPSA) is 40.2 Å². The van der Waals surface area contributed by atoms with E-state index in [-0.39, 0.29) is 6.10 Å². The van der Waals surface area contributed by atoms with Crippen LogP contribution in [-0.4, -0.2) is 33.0 Å². The fraction of sp³-hybridized carbons (Fsp3) is 0.333. The number of methoxy groups -OCH3 is 1. The van der Waals surface area contributed by atoms with E-state index in [4.69, 9.17) is 18.9 Å². The van der Waals surface area contributed by atoms with Crippen molar-refractivity contribution in [3.05, 3.63) is 54.3 Å². The molecule has 1 unspecified atom stereocenters. The molecule has 1 fully saturated rings. The van der Waals surface area contributed by atoms with E-state index in [9.17, 15) is 0 Å². The van der Waals surface area contributed by atoms with E-state index < -0.39 is 0 Å². The zero-order valence-electron chi connectivity index (χ0n) is 13.1. The average molecular weight is 302 g/mol. The first-order valence-electron chi connectivity index (χ1n) is 7.16. The Labute approximate surface area is 131 Å². The van der Waals surface area contributed by atoms with E-state index in [1.54, 1.807) is 7.11 Å². The first-order chi connectivity index (χ1) is 10.6. The quantitative estimate of drug-likeness (QED) is 0.397. The van der Waals surface area contributed by atoms with Crippen molar-refractivity contribution >= 4 is 6.08 Å². The lowest BCUT2D eigenvalue weighted by atomic mass is 10.2. The third kappa shape index (κ3) is 4.97. The largest absolute Gasteiger partial charge is 0.493 e. The Kier molecular flexibility index (Phi) is 5.67. The maximum atomic E-state index is 5.67. The summed E-state index contributed by atoms with van der Waals surface area (Å²) in [5, 5.41) is 0. The van der Waals surface area contributed by atoms with E-state index in [1.165, 1.54) is 0 Å². The summed E-state index contributed by atoms with van der Waals surface area (Å²) in [6, 6.07) is 5.79. The van der Waals surface area contributed by atoms with Gasteiger partial charge in [0.1, 0.15) is 25.1 Å². The van der Waals surface area contributed by atoms with Gasteiger partial charge in [-0.2, -0.15) is 0 Å². The highest BCUT2D eigenvalue weighted by molar-refractivity contribution is 5.56. The van der Waals surface area contributed by atoms with Crippen LogP contribution >= 0.6 is 0 Å². The highest BCUT2D eigenvalue weighted by Crippen LogP contribution is 2.29. The molecule has 1 aromatic carbocycles. The highest BCUT2D eigenvalue weighted by atomic mass is 16.6. The summed E-state index contributed by atoms with van der Waals surface area (Å²) in [6.07, 6.45) is 4.10. The SMILES string of the molecule is C=C(C)C(=C)OC/C=C/c1ccc(OCC2CO2)c(OC)c1. The molecule has 1 aromatic rings. The van der Waals surface area contributed by atoms with Gasteiger partial charge in [-0.15, -0.1) is 0 Å². The third-order valence-electron chi connectivity index (χ3n) is 3.15. The molecule has 2 rings (SSSR count). The Balaban J connectivity index is 1.90. The lowest BCUT2D eigenvalue weighted by molar-refractivity contribution is 0.252. The van der Waals surface area contributed by atoms with Crippen molar-refractivity contribution in [2.24, 2.45) is 0 Å². The molecule has 0 aliphatic carbocycles. The van der Waals surface area contributed by atoms with Gasteiger partial charge in [0.25, 0.3) is 0 Å². The van der Waals surface area contributed by atoms with E-state index in [0.29, 0.717) is 24.7 Å². The molecule has 0 saturated carbocycles. The van der Waals surface area contributed by atoms with Crippen molar-refractivity contribution in [1.82, 2.24) is 0 Å². The molecule has 1 aliphatic rings. The van der Waals surface area contributed by atoms with E-state index in [1.807, 2.05) is 37.3 Å². The zero-order chi connectivity index (χ0) is 15.9. The van der Waals surface area contributed by atoms with Gasteiger partial charge in [-0.3, -0.25) is 0 Å². The molecule has 0 aromatic heterocycles. The molecule has 0 bridgehead atoms. The molecule has 1 saturated heterocycles. The highest BCUT2D eigenvalue weighted by Gasteiger charge is 2.23. The summed E-state index contributed by atoms with van der Waals surface area (Å²) >= 11 is 0. The molecule has 1 heterocycles. The predicted octanol–water partition coefficient (Wildman–Crippen LogP) is 3.59. The van der Waals surface area contributed by atoms with Crippen molar-refractivity contribution in [3.8, 4) is 11.5 Å². The van der Waals surface area contributed by atoms with Gasteiger partial charge < -0.3 is 18.9 Å². The van der Waals surface area contributed by atoms with E-state index >= 15 is 0 Å². The molecule has 0 N–H and O–H groups in total. The number of epoxide rings is 1. The maximum absolute atomic E-state index is 5.67. The Morgan fingerprint density at radius 1 is 1.36 bits per heavy atom. The fourth-order valence-corrected chi connectivity index (χ4v) is 1.71. The minimum absolute atomic E-state index is 0.225. The summed E-state index contributed by atoms with van der Waals surface area (Å²) in [7, 11) is 1.63. The Morgan fingerprint density at radius 3 is 2.77 bits per heavy atom. The van der Waals surface area contributed by atoms with Crippen LogP contribution in [0.15, 0.2) is 48.8 Å². The van der Waals surface area contributed by atoms with Crippen LogP contribution in [0.5, 0.6) is 11.5 Å². The van der Waals surface area contributed by atoms with E-state index in [2.05, 4.69) is 13.2 Å². The van der Waals surface area contributed by atoms with Crippen molar-refractivity contribution in [1.29, 1.82) is 0 Å². The number of benzene rings is 1. The molecular formula is C18H22O4. The normalized spacial score (nSPS) is 16.4. The van der Waals surface area contributed by atoms with Crippen LogP contribution in [0.2, 0.25) is 0 Å². The minimum Gasteiger partial charge on any atom is -0.493 e. The first-order valence-corrected chi connectivity index (χ1v) is 7.16. The van der Waals surface area contributed by atoms with Gasteiger partial charge in [0, 0.05) is 0 Å². The maximum Gasteiger partial charge on any atom is 0.161 e. The monoisotopic (exact) mass is 302 g/mol. The fourth-order valence-electron chi connectivity index (χ4n) is 1.71. The molecule has 1 aliphatic heterocycles. The summed E-state index contributed by atoms with van der Waals surface area (Å²) in [4.78, 5) is 0. The van der Waals surface area contributed by atoms with E-state index in [0.717, 1.165) is 23.5 Å². The number of ether oxygens (including phenoxy) is 4. The molecule has 4 heteroatoms. The van der Waals surface area contributed by atoms with Gasteiger partial charge in [-0.25, -0.2) is 0 Å². The molecule has 0 amide bonds. The second kappa shape index (κ2) is 7.71. The number of hydrogen-bond acceptors (Lipinski definition) is 4. The molecule has 118 valence electrons. The molecule has 1 atom stereocenters. The van der Waals surface area contributed by atoms with Crippen LogP contribution in [-0.2, 0) is 9.47 Å². The van der Waals surface area contributed by atoms with Crippen LogP contribution in [0.25, 0.3) is 6.08 Å². The number of rotatable bonds is 9. The van der Waals surface area contributed by atoms with Crippen LogP contribution in [0, 0.1) is 0 Å². The standard InChI is InChI=1S/C18H22O4/c1-13(2)14(3)20-9-5-6-15-7-8-17(18(10-15)19-4)22-12-16-11-21-16/h5-8,10,16H,1,3,9,11-12H2,2,4H3/b6-5+. The van der Waals surface area contributed by atoms with Gasteiger partial charge in [0.2, 0.25) is 0 Å². The molecular weight excluding hydrogens is 280 g/mol. The zero-order valence-corrected chi connectivity index (χ0v) is 13.1. The van der Waals surface area contributed by atoms with Crippen molar-refractivity contribution in [3.63, 3.8) is 0 Å². The second-order valence-corrected chi connectivity index (χ2v) is 5.09. The average Bonchev–Trinajstić information content (AvgIpc) is 3.33. The van der Waals surface area contributed by atoms with Gasteiger partial charge >= 0.3 is 0 Å². The summed E-state index contributed by atoms with van der Waals surface area (Å²) in [5.74, 6) is 2.03. The molecule has 4 nitrogen and oxygen atoms in total. The lowest BCUT2D eigenvalue weighted by Crippen LogP contribution is -2.05. The van der Waals surface area contributed by atoms with Crippen LogP contribution in [0.4, 0.5) is 0 Å². The van der Waals surface area contributed by atoms with Crippen LogP contribution in [0.3, 0.4) is 0 Å². The van der Waals surface area contributed by atoms with Crippen LogP contribution < -0.4 is 9.47 Å². The second-order valence-electron chi connectivity index (χ2n) is 5.09. The Hall–Kier alpha value is -2.20. The summed E-state index contributed by atoms with van der Waals surface area (Å²) in [5.41, 5.74) is 1.84. The molecule has 0 radical (unpaired) electrons. The van der Waals surface area contributed by atoms with Gasteiger partial charge in [0.15, 0.2) is 11.5 Å². The predicted molar refractivity (Wildman–Crippen MR) is 87.2 cm³/mol. The molecule has 0 spiro atoms. The van der Waals surface area contributed by atoms with Gasteiger partial charge in [-0.1, -0.05) is 25.3 Å². The Bertz CT molecular complexity index is 570. The first kappa shape index (κ1) is 16.2. The van der Waals surface area contributed by atoms with Gasteiger partial charge in [-0.05, 0) is 36.3 Å².